The molecule has 1 amide bonds. The lowest BCUT2D eigenvalue weighted by Gasteiger charge is -2.42. The van der Waals surface area contributed by atoms with Crippen LogP contribution in [0.2, 0.25) is 0 Å². The van der Waals surface area contributed by atoms with E-state index in [-0.39, 0.29) is 17.9 Å². The third-order valence-electron chi connectivity index (χ3n) is 5.83. The fourth-order valence-electron chi connectivity index (χ4n) is 4.30. The Labute approximate surface area is 134 Å². The molecule has 0 bridgehead atoms. The van der Waals surface area contributed by atoms with E-state index < -0.39 is 0 Å². The highest BCUT2D eigenvalue weighted by atomic mass is 16.3. The van der Waals surface area contributed by atoms with Crippen molar-refractivity contribution in [1.82, 2.24) is 9.80 Å². The van der Waals surface area contributed by atoms with Gasteiger partial charge >= 0.3 is 0 Å². The van der Waals surface area contributed by atoms with Crippen molar-refractivity contribution in [3.8, 4) is 0 Å². The van der Waals surface area contributed by atoms with E-state index in [0.717, 1.165) is 51.4 Å². The van der Waals surface area contributed by atoms with Crippen molar-refractivity contribution in [3.63, 3.8) is 0 Å². The van der Waals surface area contributed by atoms with Crippen molar-refractivity contribution in [2.24, 2.45) is 11.3 Å². The van der Waals surface area contributed by atoms with Gasteiger partial charge < -0.3 is 10.0 Å². The zero-order valence-electron chi connectivity index (χ0n) is 13.9. The van der Waals surface area contributed by atoms with E-state index in [2.05, 4.69) is 4.90 Å². The summed E-state index contributed by atoms with van der Waals surface area (Å²) in [6, 6.07) is 0. The Balaban J connectivity index is 1.54. The number of hydrogen-bond donors (Lipinski definition) is 1. The lowest BCUT2D eigenvalue weighted by molar-refractivity contribution is -0.137. The van der Waals surface area contributed by atoms with Gasteiger partial charge in [-0.2, -0.15) is 0 Å². The van der Waals surface area contributed by atoms with E-state index in [1.807, 2.05) is 4.90 Å². The van der Waals surface area contributed by atoms with E-state index in [1.165, 1.54) is 38.5 Å². The summed E-state index contributed by atoms with van der Waals surface area (Å²) in [5.74, 6) is 1.10. The predicted octanol–water partition coefficient (Wildman–Crippen LogP) is 2.26. The maximum Gasteiger partial charge on any atom is 0.236 e. The van der Waals surface area contributed by atoms with Gasteiger partial charge in [0, 0.05) is 18.5 Å². The lowest BCUT2D eigenvalue weighted by Crippen LogP contribution is -2.50. The van der Waals surface area contributed by atoms with Gasteiger partial charge in [0.25, 0.3) is 0 Å². The molecule has 126 valence electrons. The Morgan fingerprint density at radius 3 is 2.41 bits per heavy atom. The number of hydrogen-bond acceptors (Lipinski definition) is 3. The topological polar surface area (TPSA) is 43.8 Å². The maximum atomic E-state index is 12.7. The molecule has 2 aliphatic heterocycles. The van der Waals surface area contributed by atoms with E-state index in [1.54, 1.807) is 0 Å². The highest BCUT2D eigenvalue weighted by Gasteiger charge is 2.41. The molecule has 0 spiro atoms. The zero-order valence-corrected chi connectivity index (χ0v) is 13.9. The fraction of sp³-hybridized carbons (Fsp3) is 0.944. The minimum absolute atomic E-state index is 0.00609. The third kappa shape index (κ3) is 4.23. The van der Waals surface area contributed by atoms with Crippen molar-refractivity contribution in [2.45, 2.75) is 57.8 Å². The number of aliphatic hydroxyl groups excluding tert-OH is 1. The second-order valence-corrected chi connectivity index (χ2v) is 7.91. The first-order valence-corrected chi connectivity index (χ1v) is 9.32. The molecule has 1 unspecified atom stereocenters. The number of amides is 1. The summed E-state index contributed by atoms with van der Waals surface area (Å²) in [5.41, 5.74) is -0.00609. The van der Waals surface area contributed by atoms with Crippen LogP contribution in [0.25, 0.3) is 0 Å². The standard InChI is InChI=1S/C18H32N2O2/c21-15-18(12-16-6-7-16)8-5-11-20(14-18)17(22)13-19-9-3-1-2-4-10-19/h16,21H,1-15H2. The maximum absolute atomic E-state index is 12.7. The summed E-state index contributed by atoms with van der Waals surface area (Å²) in [4.78, 5) is 17.1. The van der Waals surface area contributed by atoms with Crippen LogP contribution < -0.4 is 0 Å². The quantitative estimate of drug-likeness (QED) is 0.847. The Morgan fingerprint density at radius 2 is 1.77 bits per heavy atom. The zero-order chi connectivity index (χ0) is 15.4. The summed E-state index contributed by atoms with van der Waals surface area (Å²) in [6.07, 6.45) is 11.0. The smallest absolute Gasteiger partial charge is 0.236 e. The van der Waals surface area contributed by atoms with Crippen LogP contribution in [-0.4, -0.2) is 60.1 Å². The van der Waals surface area contributed by atoms with Gasteiger partial charge in [-0.3, -0.25) is 9.69 Å². The Hall–Kier alpha value is -0.610. The molecule has 22 heavy (non-hydrogen) atoms. The molecule has 0 aromatic heterocycles. The van der Waals surface area contributed by atoms with Crippen LogP contribution in [0, 0.1) is 11.3 Å². The molecule has 3 fully saturated rings. The predicted molar refractivity (Wildman–Crippen MR) is 87.6 cm³/mol. The second-order valence-electron chi connectivity index (χ2n) is 7.91. The SMILES string of the molecule is O=C(CN1CCCCCC1)N1CCCC(CO)(CC2CC2)C1. The van der Waals surface area contributed by atoms with Gasteiger partial charge in [-0.15, -0.1) is 0 Å². The Kier molecular flexibility index (Phi) is 5.40. The fourth-order valence-corrected chi connectivity index (χ4v) is 4.30. The van der Waals surface area contributed by atoms with Gasteiger partial charge in [0.15, 0.2) is 0 Å². The van der Waals surface area contributed by atoms with Crippen molar-refractivity contribution in [1.29, 1.82) is 0 Å². The summed E-state index contributed by atoms with van der Waals surface area (Å²) in [5, 5.41) is 9.93. The molecule has 1 saturated carbocycles. The van der Waals surface area contributed by atoms with Crippen LogP contribution in [0.4, 0.5) is 0 Å². The lowest BCUT2D eigenvalue weighted by atomic mass is 9.76. The summed E-state index contributed by atoms with van der Waals surface area (Å²) < 4.78 is 0. The molecular formula is C18H32N2O2. The van der Waals surface area contributed by atoms with Crippen molar-refractivity contribution < 1.29 is 9.90 Å². The Bertz CT molecular complexity index is 375. The van der Waals surface area contributed by atoms with Crippen LogP contribution in [0.15, 0.2) is 0 Å². The van der Waals surface area contributed by atoms with Gasteiger partial charge in [-0.05, 0) is 51.1 Å². The molecule has 4 heteroatoms. The van der Waals surface area contributed by atoms with Gasteiger partial charge in [-0.1, -0.05) is 25.7 Å². The van der Waals surface area contributed by atoms with Crippen LogP contribution >= 0.6 is 0 Å². The monoisotopic (exact) mass is 308 g/mol. The number of aliphatic hydroxyl groups is 1. The molecule has 1 atom stereocenters. The average molecular weight is 308 g/mol. The molecule has 4 nitrogen and oxygen atoms in total. The molecule has 1 N–H and O–H groups in total. The number of nitrogens with zero attached hydrogens (tertiary/aromatic N) is 2. The van der Waals surface area contributed by atoms with E-state index in [9.17, 15) is 9.90 Å². The molecule has 3 rings (SSSR count). The minimum atomic E-state index is -0.00609. The van der Waals surface area contributed by atoms with Gasteiger partial charge in [0.05, 0.1) is 13.2 Å². The molecule has 3 aliphatic rings. The first-order chi connectivity index (χ1) is 10.7. The van der Waals surface area contributed by atoms with Crippen molar-refractivity contribution in [2.75, 3.05) is 39.3 Å². The molecule has 2 heterocycles. The van der Waals surface area contributed by atoms with Gasteiger partial charge in [0.1, 0.15) is 0 Å². The molecule has 0 aromatic carbocycles. The number of rotatable bonds is 5. The molecule has 1 aliphatic carbocycles. The first-order valence-electron chi connectivity index (χ1n) is 9.32. The summed E-state index contributed by atoms with van der Waals surface area (Å²) in [7, 11) is 0. The first kappa shape index (κ1) is 16.3. The Morgan fingerprint density at radius 1 is 1.05 bits per heavy atom. The van der Waals surface area contributed by atoms with Gasteiger partial charge in [-0.25, -0.2) is 0 Å². The highest BCUT2D eigenvalue weighted by molar-refractivity contribution is 5.78. The third-order valence-corrected chi connectivity index (χ3v) is 5.83. The molecular weight excluding hydrogens is 276 g/mol. The average Bonchev–Trinajstić information content (AvgIpc) is 3.35. The second kappa shape index (κ2) is 7.31. The number of likely N-dealkylation sites (tertiary alicyclic amines) is 2. The largest absolute Gasteiger partial charge is 0.396 e. The highest BCUT2D eigenvalue weighted by Crippen LogP contribution is 2.44. The minimum Gasteiger partial charge on any atom is -0.396 e. The number of carbonyl (C=O) groups excluding carboxylic acids is 1. The number of piperidine rings is 1. The van der Waals surface area contributed by atoms with E-state index in [0.29, 0.717) is 6.54 Å². The van der Waals surface area contributed by atoms with Crippen LogP contribution in [0.3, 0.4) is 0 Å². The molecule has 0 aromatic rings. The molecule has 2 saturated heterocycles. The molecule has 0 radical (unpaired) electrons. The number of carbonyl (C=O) groups is 1. The van der Waals surface area contributed by atoms with Crippen molar-refractivity contribution >= 4 is 5.91 Å². The van der Waals surface area contributed by atoms with Gasteiger partial charge in [0.2, 0.25) is 5.91 Å². The summed E-state index contributed by atoms with van der Waals surface area (Å²) >= 11 is 0. The van der Waals surface area contributed by atoms with E-state index in [4.69, 9.17) is 0 Å². The van der Waals surface area contributed by atoms with E-state index >= 15 is 0 Å². The van der Waals surface area contributed by atoms with Crippen LogP contribution in [0.5, 0.6) is 0 Å². The summed E-state index contributed by atoms with van der Waals surface area (Å²) in [6.45, 7) is 4.66. The normalized spacial score (nSPS) is 31.0. The van der Waals surface area contributed by atoms with Crippen LogP contribution in [-0.2, 0) is 4.79 Å². The van der Waals surface area contributed by atoms with Crippen LogP contribution in [0.1, 0.15) is 57.8 Å². The van der Waals surface area contributed by atoms with Crippen molar-refractivity contribution in [3.05, 3.63) is 0 Å².